The zero-order chi connectivity index (χ0) is 13.8. The minimum Gasteiger partial charge on any atom is -0.341 e. The van der Waals surface area contributed by atoms with Crippen molar-refractivity contribution in [2.75, 3.05) is 6.54 Å². The van der Waals surface area contributed by atoms with E-state index >= 15 is 0 Å². The monoisotopic (exact) mass is 281 g/mol. The molecule has 0 aliphatic rings. The van der Waals surface area contributed by atoms with E-state index < -0.39 is 5.82 Å². The molecular formula is C14H17ClFN3. The van der Waals surface area contributed by atoms with Crippen LogP contribution in [0.4, 0.5) is 4.39 Å². The average molecular weight is 282 g/mol. The maximum Gasteiger partial charge on any atom is 0.141 e. The highest BCUT2D eigenvalue weighted by molar-refractivity contribution is 6.31. The SMILES string of the molecule is CC(C)CNCc1ncc(-c2ccc(F)c(Cl)c2)[nH]1. The second-order valence-electron chi connectivity index (χ2n) is 4.90. The van der Waals surface area contributed by atoms with Crippen LogP contribution in [0.15, 0.2) is 24.4 Å². The molecule has 0 saturated heterocycles. The second kappa shape index (κ2) is 6.17. The van der Waals surface area contributed by atoms with E-state index in [0.29, 0.717) is 12.5 Å². The topological polar surface area (TPSA) is 40.7 Å². The molecule has 0 radical (unpaired) electrons. The van der Waals surface area contributed by atoms with E-state index in [0.717, 1.165) is 23.6 Å². The lowest BCUT2D eigenvalue weighted by molar-refractivity contribution is 0.545. The van der Waals surface area contributed by atoms with Gasteiger partial charge in [0.1, 0.15) is 11.6 Å². The smallest absolute Gasteiger partial charge is 0.141 e. The third kappa shape index (κ3) is 3.78. The van der Waals surface area contributed by atoms with Crippen LogP contribution in [0.25, 0.3) is 11.3 Å². The summed E-state index contributed by atoms with van der Waals surface area (Å²) in [6.07, 6.45) is 1.73. The van der Waals surface area contributed by atoms with Gasteiger partial charge in [0.25, 0.3) is 0 Å². The molecule has 3 nitrogen and oxygen atoms in total. The van der Waals surface area contributed by atoms with Gasteiger partial charge in [-0.2, -0.15) is 0 Å². The highest BCUT2D eigenvalue weighted by Gasteiger charge is 2.06. The zero-order valence-electron chi connectivity index (χ0n) is 11.0. The Kier molecular flexibility index (Phi) is 4.56. The van der Waals surface area contributed by atoms with Crippen molar-refractivity contribution in [3.63, 3.8) is 0 Å². The van der Waals surface area contributed by atoms with E-state index in [1.54, 1.807) is 18.3 Å². The van der Waals surface area contributed by atoms with Crippen LogP contribution in [0.1, 0.15) is 19.7 Å². The summed E-state index contributed by atoms with van der Waals surface area (Å²) in [5.41, 5.74) is 1.66. The predicted octanol–water partition coefficient (Wildman–Crippen LogP) is 3.61. The highest BCUT2D eigenvalue weighted by Crippen LogP contribution is 2.23. The number of hydrogen-bond donors (Lipinski definition) is 2. The largest absolute Gasteiger partial charge is 0.341 e. The molecule has 1 aromatic carbocycles. The lowest BCUT2D eigenvalue weighted by Crippen LogP contribution is -2.19. The van der Waals surface area contributed by atoms with E-state index in [-0.39, 0.29) is 5.02 Å². The van der Waals surface area contributed by atoms with Crippen molar-refractivity contribution >= 4 is 11.6 Å². The van der Waals surface area contributed by atoms with Gasteiger partial charge in [-0.15, -0.1) is 0 Å². The predicted molar refractivity (Wildman–Crippen MR) is 75.5 cm³/mol. The first kappa shape index (κ1) is 14.0. The molecule has 0 fully saturated rings. The standard InChI is InChI=1S/C14H17ClFN3/c1-9(2)6-17-8-14-18-7-13(19-14)10-3-4-12(16)11(15)5-10/h3-5,7,9,17H,6,8H2,1-2H3,(H,18,19). The summed E-state index contributed by atoms with van der Waals surface area (Å²) in [4.78, 5) is 7.48. The average Bonchev–Trinajstić information content (AvgIpc) is 2.81. The van der Waals surface area contributed by atoms with Gasteiger partial charge in [-0.25, -0.2) is 9.37 Å². The number of aromatic nitrogens is 2. The first-order valence-electron chi connectivity index (χ1n) is 6.26. The summed E-state index contributed by atoms with van der Waals surface area (Å²) >= 11 is 5.77. The molecule has 0 aliphatic carbocycles. The number of imidazole rings is 1. The normalized spacial score (nSPS) is 11.2. The van der Waals surface area contributed by atoms with Crippen LogP contribution >= 0.6 is 11.6 Å². The van der Waals surface area contributed by atoms with Crippen molar-refractivity contribution in [2.24, 2.45) is 5.92 Å². The van der Waals surface area contributed by atoms with Crippen LogP contribution < -0.4 is 5.32 Å². The molecule has 102 valence electrons. The van der Waals surface area contributed by atoms with E-state index in [9.17, 15) is 4.39 Å². The molecule has 19 heavy (non-hydrogen) atoms. The van der Waals surface area contributed by atoms with Crippen LogP contribution in [-0.2, 0) is 6.54 Å². The summed E-state index contributed by atoms with van der Waals surface area (Å²) in [5, 5.41) is 3.42. The third-order valence-corrected chi connectivity index (χ3v) is 2.99. The Hall–Kier alpha value is -1.39. The Morgan fingerprint density at radius 1 is 1.42 bits per heavy atom. The number of nitrogens with zero attached hydrogens (tertiary/aromatic N) is 1. The zero-order valence-corrected chi connectivity index (χ0v) is 11.8. The van der Waals surface area contributed by atoms with Crippen molar-refractivity contribution < 1.29 is 4.39 Å². The van der Waals surface area contributed by atoms with Crippen LogP contribution in [-0.4, -0.2) is 16.5 Å². The van der Waals surface area contributed by atoms with Gasteiger partial charge in [0.15, 0.2) is 0 Å². The first-order valence-corrected chi connectivity index (χ1v) is 6.64. The minimum atomic E-state index is -0.413. The van der Waals surface area contributed by atoms with Gasteiger partial charge in [0, 0.05) is 5.56 Å². The molecule has 2 aromatic rings. The maximum atomic E-state index is 13.1. The molecule has 2 rings (SSSR count). The quantitative estimate of drug-likeness (QED) is 0.879. The fourth-order valence-corrected chi connectivity index (χ4v) is 1.92. The van der Waals surface area contributed by atoms with Crippen LogP contribution in [0.2, 0.25) is 5.02 Å². The van der Waals surface area contributed by atoms with E-state index in [1.165, 1.54) is 6.07 Å². The summed E-state index contributed by atoms with van der Waals surface area (Å²) in [6, 6.07) is 4.63. The number of aromatic amines is 1. The van der Waals surface area contributed by atoms with Crippen molar-refractivity contribution in [3.05, 3.63) is 41.1 Å². The number of H-pyrrole nitrogens is 1. The van der Waals surface area contributed by atoms with E-state index in [4.69, 9.17) is 11.6 Å². The first-order chi connectivity index (χ1) is 9.06. The Labute approximate surface area is 117 Å². The molecule has 0 aliphatic heterocycles. The molecule has 0 bridgehead atoms. The summed E-state index contributed by atoms with van der Waals surface area (Å²) < 4.78 is 13.1. The van der Waals surface area contributed by atoms with Crippen LogP contribution in [0, 0.1) is 11.7 Å². The van der Waals surface area contributed by atoms with E-state index in [2.05, 4.69) is 29.1 Å². The molecule has 0 amide bonds. The molecule has 2 N–H and O–H groups in total. The Morgan fingerprint density at radius 2 is 2.21 bits per heavy atom. The van der Waals surface area contributed by atoms with Gasteiger partial charge in [-0.05, 0) is 30.7 Å². The highest BCUT2D eigenvalue weighted by atomic mass is 35.5. The molecule has 0 atom stereocenters. The van der Waals surface area contributed by atoms with E-state index in [1.807, 2.05) is 0 Å². The van der Waals surface area contributed by atoms with Gasteiger partial charge in [-0.3, -0.25) is 0 Å². The summed E-state index contributed by atoms with van der Waals surface area (Å²) in [5.74, 6) is 1.05. The van der Waals surface area contributed by atoms with Crippen molar-refractivity contribution in [1.82, 2.24) is 15.3 Å². The van der Waals surface area contributed by atoms with Crippen LogP contribution in [0.3, 0.4) is 0 Å². The Bertz CT molecular complexity index is 551. The lowest BCUT2D eigenvalue weighted by atomic mass is 10.2. The third-order valence-electron chi connectivity index (χ3n) is 2.70. The van der Waals surface area contributed by atoms with Crippen molar-refractivity contribution in [2.45, 2.75) is 20.4 Å². The maximum absolute atomic E-state index is 13.1. The Balaban J connectivity index is 2.05. The van der Waals surface area contributed by atoms with Gasteiger partial charge >= 0.3 is 0 Å². The van der Waals surface area contributed by atoms with Crippen molar-refractivity contribution in [1.29, 1.82) is 0 Å². The molecule has 5 heteroatoms. The number of halogens is 2. The number of hydrogen-bond acceptors (Lipinski definition) is 2. The minimum absolute atomic E-state index is 0.117. The molecule has 0 saturated carbocycles. The van der Waals surface area contributed by atoms with Crippen LogP contribution in [0.5, 0.6) is 0 Å². The lowest BCUT2D eigenvalue weighted by Gasteiger charge is -2.05. The van der Waals surface area contributed by atoms with Crippen molar-refractivity contribution in [3.8, 4) is 11.3 Å². The Morgan fingerprint density at radius 3 is 2.89 bits per heavy atom. The number of benzene rings is 1. The molecule has 1 aromatic heterocycles. The fourth-order valence-electron chi connectivity index (χ4n) is 1.74. The molecule has 0 unspecified atom stereocenters. The number of nitrogens with one attached hydrogen (secondary N) is 2. The fraction of sp³-hybridized carbons (Fsp3) is 0.357. The van der Waals surface area contributed by atoms with Gasteiger partial charge in [0.2, 0.25) is 0 Å². The molecule has 1 heterocycles. The second-order valence-corrected chi connectivity index (χ2v) is 5.30. The number of rotatable bonds is 5. The van der Waals surface area contributed by atoms with Gasteiger partial charge in [-0.1, -0.05) is 25.4 Å². The summed E-state index contributed by atoms with van der Waals surface area (Å²) in [6.45, 7) is 5.94. The molecular weight excluding hydrogens is 265 g/mol. The summed E-state index contributed by atoms with van der Waals surface area (Å²) in [7, 11) is 0. The van der Waals surface area contributed by atoms with Gasteiger partial charge in [0.05, 0.1) is 23.5 Å². The van der Waals surface area contributed by atoms with Gasteiger partial charge < -0.3 is 10.3 Å². The molecule has 0 spiro atoms.